The van der Waals surface area contributed by atoms with Crippen LogP contribution in [0.1, 0.15) is 47.6 Å². The summed E-state index contributed by atoms with van der Waals surface area (Å²) in [6, 6.07) is 9.99. The molecule has 3 heterocycles. The number of nitrogens with zero attached hydrogens (tertiary/aromatic N) is 5. The lowest BCUT2D eigenvalue weighted by atomic mass is 9.99. The summed E-state index contributed by atoms with van der Waals surface area (Å²) in [6.45, 7) is 2.02. The molecule has 36 heavy (non-hydrogen) atoms. The van der Waals surface area contributed by atoms with Crippen molar-refractivity contribution >= 4 is 23.3 Å². The van der Waals surface area contributed by atoms with Gasteiger partial charge in [0.1, 0.15) is 12.1 Å². The fraction of sp³-hybridized carbons (Fsp3) is 0.259. The molecule has 2 saturated carbocycles. The molecule has 0 atom stereocenters. The molecule has 6 rings (SSSR count). The van der Waals surface area contributed by atoms with Gasteiger partial charge in [-0.3, -0.25) is 19.3 Å². The highest BCUT2D eigenvalue weighted by Crippen LogP contribution is 2.34. The average Bonchev–Trinajstić information content (AvgIpc) is 3.84. The third kappa shape index (κ3) is 4.72. The van der Waals surface area contributed by atoms with Gasteiger partial charge in [-0.25, -0.2) is 9.97 Å². The van der Waals surface area contributed by atoms with Crippen LogP contribution in [-0.2, 0) is 4.79 Å². The second kappa shape index (κ2) is 8.99. The molecular weight excluding hydrogens is 454 g/mol. The topological polar surface area (TPSA) is 115 Å². The van der Waals surface area contributed by atoms with Crippen molar-refractivity contribution in [3.8, 4) is 22.4 Å². The maximum Gasteiger partial charge on any atom is 0.258 e. The minimum absolute atomic E-state index is 0.000832. The van der Waals surface area contributed by atoms with Crippen molar-refractivity contribution in [3.63, 3.8) is 0 Å². The summed E-state index contributed by atoms with van der Waals surface area (Å²) in [7, 11) is 0. The van der Waals surface area contributed by atoms with E-state index in [1.165, 1.54) is 6.33 Å². The van der Waals surface area contributed by atoms with Crippen molar-refractivity contribution in [1.29, 1.82) is 0 Å². The average molecular weight is 480 g/mol. The molecule has 2 fully saturated rings. The molecule has 0 bridgehead atoms. The maximum atomic E-state index is 12.8. The highest BCUT2D eigenvalue weighted by Gasteiger charge is 2.30. The quantitative estimate of drug-likeness (QED) is 0.399. The van der Waals surface area contributed by atoms with E-state index in [1.54, 1.807) is 30.9 Å². The van der Waals surface area contributed by atoms with Crippen LogP contribution in [0.15, 0.2) is 61.4 Å². The normalized spacial score (nSPS) is 14.9. The van der Waals surface area contributed by atoms with Gasteiger partial charge in [0.25, 0.3) is 5.91 Å². The van der Waals surface area contributed by atoms with Gasteiger partial charge in [0, 0.05) is 47.4 Å². The van der Waals surface area contributed by atoms with Crippen LogP contribution in [0.3, 0.4) is 0 Å². The highest BCUT2D eigenvalue weighted by molar-refractivity contribution is 6.04. The Labute approximate surface area is 208 Å². The fourth-order valence-corrected chi connectivity index (χ4v) is 4.09. The van der Waals surface area contributed by atoms with Crippen LogP contribution in [0.4, 0.5) is 11.5 Å². The molecule has 0 aliphatic heterocycles. The lowest BCUT2D eigenvalue weighted by Gasteiger charge is -2.11. The molecule has 2 aliphatic rings. The van der Waals surface area contributed by atoms with E-state index >= 15 is 0 Å². The van der Waals surface area contributed by atoms with Gasteiger partial charge < -0.3 is 10.6 Å². The van der Waals surface area contributed by atoms with Crippen LogP contribution in [0.25, 0.3) is 22.4 Å². The Morgan fingerprint density at radius 2 is 1.78 bits per heavy atom. The third-order valence-corrected chi connectivity index (χ3v) is 6.49. The Morgan fingerprint density at radius 3 is 2.58 bits per heavy atom. The number of carbonyl (C=O) groups excluding carboxylic acids is 2. The first-order valence-electron chi connectivity index (χ1n) is 12.1. The molecule has 180 valence electrons. The van der Waals surface area contributed by atoms with E-state index in [1.807, 2.05) is 35.9 Å². The van der Waals surface area contributed by atoms with Gasteiger partial charge in [0.05, 0.1) is 23.5 Å². The van der Waals surface area contributed by atoms with Gasteiger partial charge in [0.15, 0.2) is 0 Å². The predicted octanol–water partition coefficient (Wildman–Crippen LogP) is 4.65. The molecular formula is C27H25N7O2. The second-order valence-electron chi connectivity index (χ2n) is 9.44. The van der Waals surface area contributed by atoms with Crippen molar-refractivity contribution in [2.75, 3.05) is 10.6 Å². The van der Waals surface area contributed by atoms with Gasteiger partial charge in [-0.1, -0.05) is 6.07 Å². The number of anilines is 2. The number of aromatic nitrogens is 5. The first kappa shape index (κ1) is 22.1. The van der Waals surface area contributed by atoms with E-state index in [2.05, 4.69) is 30.7 Å². The monoisotopic (exact) mass is 479 g/mol. The Hall–Kier alpha value is -4.40. The van der Waals surface area contributed by atoms with Crippen LogP contribution in [-0.4, -0.2) is 36.5 Å². The van der Waals surface area contributed by atoms with Gasteiger partial charge >= 0.3 is 0 Å². The zero-order valence-electron chi connectivity index (χ0n) is 19.8. The van der Waals surface area contributed by atoms with E-state index in [0.29, 0.717) is 28.8 Å². The zero-order valence-corrected chi connectivity index (χ0v) is 19.8. The Balaban J connectivity index is 1.23. The lowest BCUT2D eigenvalue weighted by Crippen LogP contribution is -2.14. The number of aryl methyl sites for hydroxylation is 1. The van der Waals surface area contributed by atoms with E-state index in [9.17, 15) is 9.59 Å². The van der Waals surface area contributed by atoms with Crippen LogP contribution < -0.4 is 10.6 Å². The number of rotatable bonds is 7. The molecule has 2 aliphatic carbocycles. The Bertz CT molecular complexity index is 1470. The van der Waals surface area contributed by atoms with Crippen LogP contribution in [0.5, 0.6) is 0 Å². The van der Waals surface area contributed by atoms with Crippen molar-refractivity contribution in [2.45, 2.75) is 38.6 Å². The van der Waals surface area contributed by atoms with E-state index in [-0.39, 0.29) is 17.7 Å². The minimum Gasteiger partial charge on any atom is -0.322 e. The molecule has 9 heteroatoms. The molecule has 4 aromatic rings. The van der Waals surface area contributed by atoms with Gasteiger partial charge in [-0.05, 0) is 61.9 Å². The lowest BCUT2D eigenvalue weighted by molar-refractivity contribution is -0.117. The molecule has 0 unspecified atom stereocenters. The smallest absolute Gasteiger partial charge is 0.258 e. The second-order valence-corrected chi connectivity index (χ2v) is 9.44. The standard InChI is InChI=1S/C27H25N7O2/c1-16-2-5-21(32-27(36)20-13-31-34(14-20)22-6-7-22)9-23(16)18-8-19(12-28-11-18)24-10-25(30-15-29-24)33-26(35)17-3-4-17/h2,5,8-15,17,22H,3-4,6-7H2,1H3,(H,32,36)(H,29,30,33,35). The van der Waals surface area contributed by atoms with Crippen molar-refractivity contribution in [3.05, 3.63) is 72.6 Å². The minimum atomic E-state index is -0.190. The molecule has 0 spiro atoms. The third-order valence-electron chi connectivity index (χ3n) is 6.49. The summed E-state index contributed by atoms with van der Waals surface area (Å²) in [5.74, 6) is 0.387. The largest absolute Gasteiger partial charge is 0.322 e. The van der Waals surface area contributed by atoms with E-state index in [0.717, 1.165) is 47.9 Å². The van der Waals surface area contributed by atoms with Crippen molar-refractivity contribution in [2.24, 2.45) is 5.92 Å². The Kier molecular flexibility index (Phi) is 5.52. The first-order chi connectivity index (χ1) is 17.5. The van der Waals surface area contributed by atoms with Gasteiger partial charge in [-0.15, -0.1) is 0 Å². The Morgan fingerprint density at radius 1 is 0.944 bits per heavy atom. The molecule has 9 nitrogen and oxygen atoms in total. The molecule has 2 N–H and O–H groups in total. The van der Waals surface area contributed by atoms with E-state index in [4.69, 9.17) is 0 Å². The number of nitrogens with one attached hydrogen (secondary N) is 2. The number of hydrogen-bond donors (Lipinski definition) is 2. The zero-order chi connectivity index (χ0) is 24.6. The number of carbonyl (C=O) groups is 2. The predicted molar refractivity (Wildman–Crippen MR) is 135 cm³/mol. The summed E-state index contributed by atoms with van der Waals surface area (Å²) < 4.78 is 1.86. The van der Waals surface area contributed by atoms with Gasteiger partial charge in [0.2, 0.25) is 5.91 Å². The van der Waals surface area contributed by atoms with Crippen molar-refractivity contribution < 1.29 is 9.59 Å². The molecule has 0 radical (unpaired) electrons. The number of amides is 2. The maximum absolute atomic E-state index is 12.8. The summed E-state index contributed by atoms with van der Waals surface area (Å²) in [5, 5.41) is 10.2. The molecule has 2 amide bonds. The SMILES string of the molecule is Cc1ccc(NC(=O)c2cnn(C3CC3)c2)cc1-c1cncc(-c2cc(NC(=O)C3CC3)ncn2)c1. The van der Waals surface area contributed by atoms with Crippen LogP contribution in [0.2, 0.25) is 0 Å². The molecule has 3 aromatic heterocycles. The fourth-order valence-electron chi connectivity index (χ4n) is 4.09. The van der Waals surface area contributed by atoms with Crippen molar-refractivity contribution in [1.82, 2.24) is 24.7 Å². The summed E-state index contributed by atoms with van der Waals surface area (Å²) in [4.78, 5) is 37.9. The number of benzene rings is 1. The molecule has 0 saturated heterocycles. The highest BCUT2D eigenvalue weighted by atomic mass is 16.2. The molecule has 1 aromatic carbocycles. The van der Waals surface area contributed by atoms with Gasteiger partial charge in [-0.2, -0.15) is 5.10 Å². The summed E-state index contributed by atoms with van der Waals surface area (Å²) in [6.07, 6.45) is 12.5. The summed E-state index contributed by atoms with van der Waals surface area (Å²) >= 11 is 0. The summed E-state index contributed by atoms with van der Waals surface area (Å²) in [5.41, 5.74) is 5.60. The number of hydrogen-bond acceptors (Lipinski definition) is 6. The first-order valence-corrected chi connectivity index (χ1v) is 12.1. The van der Waals surface area contributed by atoms with E-state index < -0.39 is 0 Å². The van der Waals surface area contributed by atoms with Crippen LogP contribution in [0, 0.1) is 12.8 Å². The number of pyridine rings is 1. The van der Waals surface area contributed by atoms with Crippen LogP contribution >= 0.6 is 0 Å².